The number of amides is 1. The van der Waals surface area contributed by atoms with Crippen LogP contribution in [0.4, 0.5) is 5.88 Å². The van der Waals surface area contributed by atoms with Crippen LogP contribution in [0.3, 0.4) is 0 Å². The molecule has 2 aromatic rings. The third-order valence-electron chi connectivity index (χ3n) is 2.92. The lowest BCUT2D eigenvalue weighted by Crippen LogP contribution is -2.17. The fourth-order valence-electron chi connectivity index (χ4n) is 1.61. The molecule has 1 heterocycles. The zero-order valence-electron chi connectivity index (χ0n) is 11.5. The van der Waals surface area contributed by atoms with Gasteiger partial charge >= 0.3 is 5.88 Å². The summed E-state index contributed by atoms with van der Waals surface area (Å²) < 4.78 is 4.87. The van der Waals surface area contributed by atoms with Gasteiger partial charge in [-0.25, -0.2) is 5.43 Å². The van der Waals surface area contributed by atoms with Crippen LogP contribution in [0.15, 0.2) is 39.9 Å². The molecule has 0 unspecified atom stereocenters. The van der Waals surface area contributed by atoms with Crippen LogP contribution in [-0.4, -0.2) is 17.0 Å². The van der Waals surface area contributed by atoms with E-state index in [0.717, 1.165) is 11.1 Å². The van der Waals surface area contributed by atoms with Crippen LogP contribution in [0.1, 0.15) is 27.2 Å². The number of rotatable bonds is 4. The number of hydrogen-bond acceptors (Lipinski definition) is 5. The highest BCUT2D eigenvalue weighted by molar-refractivity contribution is 5.95. The van der Waals surface area contributed by atoms with Gasteiger partial charge in [-0.15, -0.1) is 0 Å². The van der Waals surface area contributed by atoms with E-state index in [-0.39, 0.29) is 17.6 Å². The molecule has 21 heavy (non-hydrogen) atoms. The first-order valence-electron chi connectivity index (χ1n) is 6.12. The second-order valence-corrected chi connectivity index (χ2v) is 4.43. The molecule has 0 bridgehead atoms. The minimum absolute atomic E-state index is 0.182. The number of furan rings is 1. The Bertz CT molecular complexity index is 719. The molecule has 0 aliphatic rings. The maximum atomic E-state index is 11.8. The summed E-state index contributed by atoms with van der Waals surface area (Å²) in [5, 5.41) is 14.1. The lowest BCUT2D eigenvalue weighted by atomic mass is 10.1. The van der Waals surface area contributed by atoms with Crippen LogP contribution in [0.25, 0.3) is 0 Å². The number of hydrazone groups is 1. The Morgan fingerprint density at radius 3 is 2.67 bits per heavy atom. The Kier molecular flexibility index (Phi) is 4.13. The summed E-state index contributed by atoms with van der Waals surface area (Å²) in [6, 6.07) is 7.92. The fourth-order valence-corrected chi connectivity index (χ4v) is 1.61. The smallest absolute Gasteiger partial charge is 0.400 e. The van der Waals surface area contributed by atoms with Crippen LogP contribution in [0.2, 0.25) is 0 Å². The van der Waals surface area contributed by atoms with Gasteiger partial charge in [0.05, 0.1) is 12.3 Å². The van der Waals surface area contributed by atoms with Crippen LogP contribution in [-0.2, 0) is 0 Å². The molecule has 0 saturated heterocycles. The molecule has 7 heteroatoms. The third-order valence-corrected chi connectivity index (χ3v) is 2.92. The Hall–Kier alpha value is -2.96. The number of nitrogens with zero attached hydrogens (tertiary/aromatic N) is 2. The zero-order chi connectivity index (χ0) is 15.4. The molecule has 0 aliphatic carbocycles. The van der Waals surface area contributed by atoms with Crippen LogP contribution in [0.5, 0.6) is 0 Å². The number of benzene rings is 1. The van der Waals surface area contributed by atoms with Crippen LogP contribution < -0.4 is 5.43 Å². The van der Waals surface area contributed by atoms with E-state index >= 15 is 0 Å². The molecule has 1 amide bonds. The van der Waals surface area contributed by atoms with Crippen molar-refractivity contribution in [2.75, 3.05) is 0 Å². The average molecular weight is 287 g/mol. The number of carbonyl (C=O) groups excluding carboxylic acids is 1. The molecule has 1 aromatic carbocycles. The van der Waals surface area contributed by atoms with E-state index in [0.29, 0.717) is 5.56 Å². The number of nitro groups is 1. The van der Waals surface area contributed by atoms with Gasteiger partial charge in [0.15, 0.2) is 5.76 Å². The van der Waals surface area contributed by atoms with E-state index in [9.17, 15) is 14.9 Å². The number of nitrogens with one attached hydrogen (secondary N) is 1. The Balaban J connectivity index is 2.01. The van der Waals surface area contributed by atoms with Gasteiger partial charge in [0.25, 0.3) is 5.91 Å². The second kappa shape index (κ2) is 6.00. The van der Waals surface area contributed by atoms with E-state index in [1.165, 1.54) is 18.3 Å². The topological polar surface area (TPSA) is 97.7 Å². The summed E-state index contributed by atoms with van der Waals surface area (Å²) in [6.45, 7) is 3.87. The summed E-state index contributed by atoms with van der Waals surface area (Å²) in [7, 11) is 0. The van der Waals surface area contributed by atoms with Crippen LogP contribution in [0, 0.1) is 24.0 Å². The van der Waals surface area contributed by atoms with E-state index < -0.39 is 4.92 Å². The first-order chi connectivity index (χ1) is 9.97. The van der Waals surface area contributed by atoms with Crippen molar-refractivity contribution in [2.24, 2.45) is 5.10 Å². The summed E-state index contributed by atoms with van der Waals surface area (Å²) in [5.74, 6) is -0.561. The third kappa shape index (κ3) is 3.53. The van der Waals surface area contributed by atoms with Crippen LogP contribution >= 0.6 is 0 Å². The molecule has 0 radical (unpaired) electrons. The molecule has 1 N–H and O–H groups in total. The van der Waals surface area contributed by atoms with Crippen molar-refractivity contribution in [1.82, 2.24) is 5.43 Å². The molecule has 0 fully saturated rings. The summed E-state index contributed by atoms with van der Waals surface area (Å²) >= 11 is 0. The first-order valence-corrected chi connectivity index (χ1v) is 6.12. The first kappa shape index (κ1) is 14.4. The minimum atomic E-state index is -0.648. The minimum Gasteiger partial charge on any atom is -0.400 e. The van der Waals surface area contributed by atoms with Crippen molar-refractivity contribution in [3.63, 3.8) is 0 Å². The molecule has 108 valence electrons. The Labute approximate surface area is 120 Å². The van der Waals surface area contributed by atoms with Gasteiger partial charge in [-0.05, 0) is 43.2 Å². The summed E-state index contributed by atoms with van der Waals surface area (Å²) in [6.07, 6.45) is 1.20. The average Bonchev–Trinajstić information content (AvgIpc) is 2.91. The highest BCUT2D eigenvalue weighted by atomic mass is 16.6. The molecular formula is C14H13N3O4. The van der Waals surface area contributed by atoms with Gasteiger partial charge in [-0.1, -0.05) is 6.07 Å². The van der Waals surface area contributed by atoms with Crippen molar-refractivity contribution < 1.29 is 14.1 Å². The van der Waals surface area contributed by atoms with E-state index in [2.05, 4.69) is 10.5 Å². The van der Waals surface area contributed by atoms with Gasteiger partial charge < -0.3 is 4.42 Å². The molecule has 0 atom stereocenters. The SMILES string of the molecule is Cc1ccc(C(=O)N/N=C/c2ccc([N+](=O)[O-])o2)cc1C. The van der Waals surface area contributed by atoms with Crippen molar-refractivity contribution in [1.29, 1.82) is 0 Å². The maximum Gasteiger partial charge on any atom is 0.433 e. The molecule has 1 aromatic heterocycles. The van der Waals surface area contributed by atoms with Crippen molar-refractivity contribution in [2.45, 2.75) is 13.8 Å². The molecule has 0 aliphatic heterocycles. The number of carbonyl (C=O) groups is 1. The largest absolute Gasteiger partial charge is 0.433 e. The van der Waals surface area contributed by atoms with Gasteiger partial charge in [-0.2, -0.15) is 5.10 Å². The summed E-state index contributed by atoms with van der Waals surface area (Å²) in [5.41, 5.74) is 4.92. The second-order valence-electron chi connectivity index (χ2n) is 4.43. The fraction of sp³-hybridized carbons (Fsp3) is 0.143. The van der Waals surface area contributed by atoms with Gasteiger partial charge in [0.2, 0.25) is 0 Å². The lowest BCUT2D eigenvalue weighted by Gasteiger charge is -2.03. The Morgan fingerprint density at radius 1 is 1.29 bits per heavy atom. The van der Waals surface area contributed by atoms with Crippen molar-refractivity contribution in [3.05, 3.63) is 62.9 Å². The highest BCUT2D eigenvalue weighted by Gasteiger charge is 2.10. The molecule has 2 rings (SSSR count). The van der Waals surface area contributed by atoms with Crippen molar-refractivity contribution >= 4 is 18.0 Å². The van der Waals surface area contributed by atoms with E-state index in [1.807, 2.05) is 19.9 Å². The van der Waals surface area contributed by atoms with E-state index in [1.54, 1.807) is 12.1 Å². The van der Waals surface area contributed by atoms with Gasteiger partial charge in [0.1, 0.15) is 4.92 Å². The quantitative estimate of drug-likeness (QED) is 0.530. The normalized spacial score (nSPS) is 10.8. The standard InChI is InChI=1S/C14H13N3O4/c1-9-3-4-11(7-10(9)2)14(18)16-15-8-12-5-6-13(21-12)17(19)20/h3-8H,1-2H3,(H,16,18)/b15-8+. The van der Waals surface area contributed by atoms with Crippen molar-refractivity contribution in [3.8, 4) is 0 Å². The number of hydrogen-bond donors (Lipinski definition) is 1. The van der Waals surface area contributed by atoms with Gasteiger partial charge in [-0.3, -0.25) is 14.9 Å². The molecular weight excluding hydrogens is 274 g/mol. The predicted octanol–water partition coefficient (Wildman–Crippen LogP) is 2.57. The molecule has 7 nitrogen and oxygen atoms in total. The predicted molar refractivity (Wildman–Crippen MR) is 76.3 cm³/mol. The van der Waals surface area contributed by atoms with E-state index in [4.69, 9.17) is 4.42 Å². The summed E-state index contributed by atoms with van der Waals surface area (Å²) in [4.78, 5) is 21.6. The molecule has 0 saturated carbocycles. The van der Waals surface area contributed by atoms with Gasteiger partial charge in [0, 0.05) is 5.56 Å². The zero-order valence-corrected chi connectivity index (χ0v) is 11.5. The maximum absolute atomic E-state index is 11.8. The Morgan fingerprint density at radius 2 is 2.05 bits per heavy atom. The lowest BCUT2D eigenvalue weighted by molar-refractivity contribution is -0.402. The monoisotopic (exact) mass is 287 g/mol. The number of aryl methyl sites for hydroxylation is 2. The highest BCUT2D eigenvalue weighted by Crippen LogP contribution is 2.13. The molecule has 0 spiro atoms.